The van der Waals surface area contributed by atoms with Gasteiger partial charge in [0.05, 0.1) is 17.9 Å². The van der Waals surface area contributed by atoms with E-state index in [9.17, 15) is 13.2 Å². The van der Waals surface area contributed by atoms with Crippen LogP contribution < -0.4 is 0 Å². The molecule has 1 aliphatic heterocycles. The second-order valence-electron chi connectivity index (χ2n) is 3.68. The number of carboxylic acids is 1. The van der Waals surface area contributed by atoms with Crippen molar-refractivity contribution in [3.05, 3.63) is 0 Å². The zero-order valence-corrected chi connectivity index (χ0v) is 8.96. The Labute approximate surface area is 83.6 Å². The summed E-state index contributed by atoms with van der Waals surface area (Å²) in [6.45, 7) is 0.412. The molecule has 0 spiro atoms. The molecule has 0 amide bonds. The van der Waals surface area contributed by atoms with Crippen molar-refractivity contribution < 1.29 is 18.3 Å². The third kappa shape index (κ3) is 3.26. The van der Waals surface area contributed by atoms with Crippen molar-refractivity contribution >= 4 is 15.8 Å². The van der Waals surface area contributed by atoms with Crippen LogP contribution in [0.5, 0.6) is 0 Å². The Morgan fingerprint density at radius 1 is 1.57 bits per heavy atom. The van der Waals surface area contributed by atoms with Crippen molar-refractivity contribution in [1.82, 2.24) is 4.90 Å². The van der Waals surface area contributed by atoms with Gasteiger partial charge in [0.1, 0.15) is 0 Å². The molecule has 1 heterocycles. The van der Waals surface area contributed by atoms with Crippen molar-refractivity contribution in [2.75, 3.05) is 25.1 Å². The van der Waals surface area contributed by atoms with Gasteiger partial charge in [0.2, 0.25) is 0 Å². The van der Waals surface area contributed by atoms with Gasteiger partial charge in [-0.15, -0.1) is 0 Å². The first-order valence-corrected chi connectivity index (χ1v) is 6.35. The molecule has 1 saturated heterocycles. The molecule has 82 valence electrons. The Hall–Kier alpha value is -0.620. The summed E-state index contributed by atoms with van der Waals surface area (Å²) in [4.78, 5) is 12.1. The molecule has 0 aliphatic carbocycles. The smallest absolute Gasteiger partial charge is 0.304 e. The lowest BCUT2D eigenvalue weighted by Crippen LogP contribution is -2.34. The quantitative estimate of drug-likeness (QED) is 0.698. The fourth-order valence-electron chi connectivity index (χ4n) is 1.58. The van der Waals surface area contributed by atoms with Crippen molar-refractivity contribution in [2.45, 2.75) is 18.9 Å². The van der Waals surface area contributed by atoms with Crippen LogP contribution in [0, 0.1) is 0 Å². The Balaban J connectivity index is 2.39. The predicted molar refractivity (Wildman–Crippen MR) is 51.9 cm³/mol. The average molecular weight is 221 g/mol. The van der Waals surface area contributed by atoms with Crippen molar-refractivity contribution in [3.63, 3.8) is 0 Å². The maximum absolute atomic E-state index is 11.1. The van der Waals surface area contributed by atoms with Gasteiger partial charge < -0.3 is 10.0 Å². The molecule has 1 unspecified atom stereocenters. The highest BCUT2D eigenvalue weighted by Gasteiger charge is 2.30. The standard InChI is InChI=1S/C8H15NO4S/c1-9(4-2-8(10)11)7-3-5-14(12,13)6-7/h7H,2-6H2,1H3,(H,10,11). The van der Waals surface area contributed by atoms with Crippen LogP contribution in [0.3, 0.4) is 0 Å². The van der Waals surface area contributed by atoms with E-state index in [1.54, 1.807) is 7.05 Å². The molecule has 1 atom stereocenters. The highest BCUT2D eigenvalue weighted by atomic mass is 32.2. The molecule has 0 saturated carbocycles. The van der Waals surface area contributed by atoms with Gasteiger partial charge in [-0.2, -0.15) is 0 Å². The van der Waals surface area contributed by atoms with Crippen LogP contribution in [-0.2, 0) is 14.6 Å². The Morgan fingerprint density at radius 2 is 2.21 bits per heavy atom. The Kier molecular flexibility index (Phi) is 3.49. The molecular weight excluding hydrogens is 206 g/mol. The van der Waals surface area contributed by atoms with Crippen LogP contribution in [0.1, 0.15) is 12.8 Å². The summed E-state index contributed by atoms with van der Waals surface area (Å²) >= 11 is 0. The molecule has 0 radical (unpaired) electrons. The van der Waals surface area contributed by atoms with E-state index in [0.717, 1.165) is 0 Å². The average Bonchev–Trinajstić information content (AvgIpc) is 2.41. The first-order valence-electron chi connectivity index (χ1n) is 4.53. The molecule has 6 heteroatoms. The number of rotatable bonds is 4. The lowest BCUT2D eigenvalue weighted by Gasteiger charge is -2.21. The lowest BCUT2D eigenvalue weighted by molar-refractivity contribution is -0.137. The van der Waals surface area contributed by atoms with E-state index >= 15 is 0 Å². The van der Waals surface area contributed by atoms with Crippen LogP contribution in [0.25, 0.3) is 0 Å². The van der Waals surface area contributed by atoms with E-state index in [2.05, 4.69) is 0 Å². The number of aliphatic carboxylic acids is 1. The maximum Gasteiger partial charge on any atom is 0.304 e. The van der Waals surface area contributed by atoms with Crippen LogP contribution in [-0.4, -0.2) is 55.5 Å². The fraction of sp³-hybridized carbons (Fsp3) is 0.875. The molecule has 5 nitrogen and oxygen atoms in total. The summed E-state index contributed by atoms with van der Waals surface area (Å²) in [5.74, 6) is -0.448. The summed E-state index contributed by atoms with van der Waals surface area (Å²) in [5.41, 5.74) is 0. The minimum atomic E-state index is -2.87. The van der Waals surface area contributed by atoms with E-state index in [0.29, 0.717) is 13.0 Å². The number of carbonyl (C=O) groups is 1. The van der Waals surface area contributed by atoms with Crippen LogP contribution in [0.15, 0.2) is 0 Å². The number of hydrogen-bond acceptors (Lipinski definition) is 4. The molecule has 1 N–H and O–H groups in total. The fourth-order valence-corrected chi connectivity index (χ4v) is 3.38. The summed E-state index contributed by atoms with van der Waals surface area (Å²) in [6, 6.07) is -0.000602. The van der Waals surface area contributed by atoms with Crippen LogP contribution >= 0.6 is 0 Å². The summed E-state index contributed by atoms with van der Waals surface area (Å²) in [5, 5.41) is 8.46. The first-order chi connectivity index (χ1) is 6.41. The Morgan fingerprint density at radius 3 is 2.64 bits per heavy atom. The summed E-state index contributed by atoms with van der Waals surface area (Å²) in [7, 11) is -1.10. The van der Waals surface area contributed by atoms with Gasteiger partial charge in [0, 0.05) is 12.6 Å². The number of carboxylic acid groups (broad SMARTS) is 1. The largest absolute Gasteiger partial charge is 0.481 e. The lowest BCUT2D eigenvalue weighted by atomic mass is 10.2. The van der Waals surface area contributed by atoms with Crippen molar-refractivity contribution in [3.8, 4) is 0 Å². The van der Waals surface area contributed by atoms with Crippen molar-refractivity contribution in [1.29, 1.82) is 0 Å². The SMILES string of the molecule is CN(CCC(=O)O)C1CCS(=O)(=O)C1. The molecule has 1 fully saturated rings. The van der Waals surface area contributed by atoms with Gasteiger partial charge in [0.25, 0.3) is 0 Å². The van der Waals surface area contributed by atoms with Crippen molar-refractivity contribution in [2.24, 2.45) is 0 Å². The molecule has 0 aromatic carbocycles. The second-order valence-corrected chi connectivity index (χ2v) is 5.91. The van der Waals surface area contributed by atoms with Crippen LogP contribution in [0.4, 0.5) is 0 Å². The number of hydrogen-bond donors (Lipinski definition) is 1. The van der Waals surface area contributed by atoms with E-state index < -0.39 is 15.8 Å². The molecule has 1 rings (SSSR count). The molecule has 0 bridgehead atoms. The zero-order valence-electron chi connectivity index (χ0n) is 8.14. The number of nitrogens with zero attached hydrogens (tertiary/aromatic N) is 1. The van der Waals surface area contributed by atoms with E-state index in [1.165, 1.54) is 0 Å². The van der Waals surface area contributed by atoms with Gasteiger partial charge in [0.15, 0.2) is 9.84 Å². The summed E-state index contributed by atoms with van der Waals surface area (Å²) < 4.78 is 22.3. The maximum atomic E-state index is 11.1. The first kappa shape index (κ1) is 11.5. The monoisotopic (exact) mass is 221 g/mol. The van der Waals surface area contributed by atoms with E-state index in [-0.39, 0.29) is 24.0 Å². The van der Waals surface area contributed by atoms with Gasteiger partial charge in [-0.3, -0.25) is 4.79 Å². The molecular formula is C8H15NO4S. The molecule has 1 aliphatic rings. The van der Waals surface area contributed by atoms with Gasteiger partial charge in [-0.25, -0.2) is 8.42 Å². The van der Waals surface area contributed by atoms with E-state index in [4.69, 9.17) is 5.11 Å². The summed E-state index contributed by atoms with van der Waals surface area (Å²) in [6.07, 6.45) is 0.686. The topological polar surface area (TPSA) is 74.7 Å². The normalized spacial score (nSPS) is 25.4. The van der Waals surface area contributed by atoms with Gasteiger partial charge in [-0.1, -0.05) is 0 Å². The molecule has 14 heavy (non-hydrogen) atoms. The Bertz CT molecular complexity index is 311. The molecule has 0 aromatic heterocycles. The minimum absolute atomic E-state index is 0.000602. The highest BCUT2D eigenvalue weighted by molar-refractivity contribution is 7.91. The molecule has 0 aromatic rings. The number of sulfone groups is 1. The minimum Gasteiger partial charge on any atom is -0.481 e. The third-order valence-electron chi connectivity index (χ3n) is 2.51. The van der Waals surface area contributed by atoms with E-state index in [1.807, 2.05) is 4.90 Å². The van der Waals surface area contributed by atoms with Crippen LogP contribution in [0.2, 0.25) is 0 Å². The third-order valence-corrected chi connectivity index (χ3v) is 4.26. The second kappa shape index (κ2) is 4.27. The van der Waals surface area contributed by atoms with Gasteiger partial charge in [-0.05, 0) is 13.5 Å². The van der Waals surface area contributed by atoms with Gasteiger partial charge >= 0.3 is 5.97 Å². The zero-order chi connectivity index (χ0) is 10.8. The predicted octanol–water partition coefficient (Wildman–Crippen LogP) is -0.420. The highest BCUT2D eigenvalue weighted by Crippen LogP contribution is 2.16.